The highest BCUT2D eigenvalue weighted by Gasteiger charge is 2.24. The number of rotatable bonds is 6. The van der Waals surface area contributed by atoms with Crippen molar-refractivity contribution in [2.75, 3.05) is 26.2 Å². The van der Waals surface area contributed by atoms with Crippen molar-refractivity contribution in [3.63, 3.8) is 0 Å². The molecule has 5 nitrogen and oxygen atoms in total. The van der Waals surface area contributed by atoms with E-state index < -0.39 is 5.60 Å². The quantitative estimate of drug-likeness (QED) is 0.681. The summed E-state index contributed by atoms with van der Waals surface area (Å²) in [6, 6.07) is 4.88. The third kappa shape index (κ3) is 7.11. The lowest BCUT2D eigenvalue weighted by Gasteiger charge is -2.33. The van der Waals surface area contributed by atoms with Crippen molar-refractivity contribution in [3.8, 4) is 5.75 Å². The lowest BCUT2D eigenvalue weighted by molar-refractivity contribution is 0.0471. The summed E-state index contributed by atoms with van der Waals surface area (Å²) in [5.74, 6) is -0.102. The van der Waals surface area contributed by atoms with E-state index in [2.05, 4.69) is 26.1 Å². The van der Waals surface area contributed by atoms with E-state index in [-0.39, 0.29) is 23.7 Å². The summed E-state index contributed by atoms with van der Waals surface area (Å²) in [5.41, 5.74) is -0.489. The van der Waals surface area contributed by atoms with E-state index in [1.54, 1.807) is 12.1 Å². The third-order valence-electron chi connectivity index (χ3n) is 4.01. The lowest BCUT2D eigenvalue weighted by Crippen LogP contribution is -2.49. The Morgan fingerprint density at radius 3 is 2.88 bits per heavy atom. The van der Waals surface area contributed by atoms with E-state index in [0.717, 1.165) is 38.9 Å². The molecular weight excluding hydrogens is 403 g/mol. The number of likely N-dealkylation sites (tertiary alicyclic amines) is 1. The fourth-order valence-corrected chi connectivity index (χ4v) is 3.39. The van der Waals surface area contributed by atoms with Crippen LogP contribution in [0.15, 0.2) is 22.7 Å². The number of nitrogens with one attached hydrogen (secondary N) is 1. The molecule has 0 aliphatic carbocycles. The summed E-state index contributed by atoms with van der Waals surface area (Å²) in [6.07, 6.45) is 2.41. The highest BCUT2D eigenvalue weighted by atomic mass is 79.9. The average Bonchev–Trinajstić information content (AvgIpc) is 2.52. The van der Waals surface area contributed by atoms with Crippen molar-refractivity contribution in [2.24, 2.45) is 0 Å². The summed E-state index contributed by atoms with van der Waals surface area (Å²) in [5, 5.41) is 2.95. The van der Waals surface area contributed by atoms with Gasteiger partial charge in [-0.1, -0.05) is 6.07 Å². The standard InChI is InChI=1S/C19H28BrFN2O3/c1-19(2,3)26-18(24)22-14-7-5-10-23(13-14)11-6-12-25-17-15(20)8-4-9-16(17)21/h4,8-9,14H,5-7,10-13H2,1-3H3,(H,22,24). The Kier molecular flexibility index (Phi) is 7.70. The Bertz CT molecular complexity index is 587. The van der Waals surface area contributed by atoms with Crippen LogP contribution in [0.4, 0.5) is 9.18 Å². The van der Waals surface area contributed by atoms with Crippen LogP contribution in [0.3, 0.4) is 0 Å². The van der Waals surface area contributed by atoms with E-state index in [9.17, 15) is 9.18 Å². The van der Waals surface area contributed by atoms with Gasteiger partial charge in [-0.15, -0.1) is 0 Å². The van der Waals surface area contributed by atoms with Crippen molar-refractivity contribution in [3.05, 3.63) is 28.5 Å². The maximum absolute atomic E-state index is 13.7. The predicted molar refractivity (Wildman–Crippen MR) is 103 cm³/mol. The first-order chi connectivity index (χ1) is 12.2. The fraction of sp³-hybridized carbons (Fsp3) is 0.632. The summed E-state index contributed by atoms with van der Waals surface area (Å²) < 4.78 is 25.2. The molecule has 1 heterocycles. The van der Waals surface area contributed by atoms with Crippen LogP contribution in [0.2, 0.25) is 0 Å². The van der Waals surface area contributed by atoms with Crippen LogP contribution in [0.1, 0.15) is 40.0 Å². The molecule has 26 heavy (non-hydrogen) atoms. The normalized spacial score (nSPS) is 18.4. The first-order valence-electron chi connectivity index (χ1n) is 9.03. The SMILES string of the molecule is CC(C)(C)OC(=O)NC1CCCN(CCCOc2c(F)cccc2Br)C1. The highest BCUT2D eigenvalue weighted by molar-refractivity contribution is 9.10. The molecule has 146 valence electrons. The smallest absolute Gasteiger partial charge is 0.407 e. The number of hydrogen-bond acceptors (Lipinski definition) is 4. The zero-order valence-electron chi connectivity index (χ0n) is 15.7. The Balaban J connectivity index is 1.70. The average molecular weight is 431 g/mol. The van der Waals surface area contributed by atoms with Crippen LogP contribution >= 0.6 is 15.9 Å². The molecule has 1 amide bonds. The summed E-state index contributed by atoms with van der Waals surface area (Å²) >= 11 is 3.30. The van der Waals surface area contributed by atoms with Crippen LogP contribution < -0.4 is 10.1 Å². The minimum atomic E-state index is -0.489. The van der Waals surface area contributed by atoms with Gasteiger partial charge in [-0.2, -0.15) is 0 Å². The number of alkyl carbamates (subject to hydrolysis) is 1. The van der Waals surface area contributed by atoms with Crippen LogP contribution in [0, 0.1) is 5.82 Å². The maximum atomic E-state index is 13.7. The van der Waals surface area contributed by atoms with Gasteiger partial charge in [0.25, 0.3) is 0 Å². The fourth-order valence-electron chi connectivity index (χ4n) is 2.93. The summed E-state index contributed by atoms with van der Waals surface area (Å²) in [7, 11) is 0. The van der Waals surface area contributed by atoms with Gasteiger partial charge in [0.1, 0.15) is 5.60 Å². The zero-order valence-corrected chi connectivity index (χ0v) is 17.3. The van der Waals surface area contributed by atoms with Gasteiger partial charge in [0.15, 0.2) is 11.6 Å². The molecule has 2 rings (SSSR count). The van der Waals surface area contributed by atoms with Gasteiger partial charge in [-0.05, 0) is 74.6 Å². The van der Waals surface area contributed by atoms with Crippen LogP contribution in [-0.4, -0.2) is 48.9 Å². The van der Waals surface area contributed by atoms with Gasteiger partial charge < -0.3 is 19.7 Å². The van der Waals surface area contributed by atoms with Crippen LogP contribution in [0.25, 0.3) is 0 Å². The van der Waals surface area contributed by atoms with Crippen molar-refractivity contribution < 1.29 is 18.7 Å². The van der Waals surface area contributed by atoms with E-state index in [4.69, 9.17) is 9.47 Å². The molecule has 1 aliphatic rings. The largest absolute Gasteiger partial charge is 0.489 e. The number of benzene rings is 1. The zero-order chi connectivity index (χ0) is 19.2. The Morgan fingerprint density at radius 2 is 2.19 bits per heavy atom. The molecule has 1 N–H and O–H groups in total. The molecule has 1 fully saturated rings. The molecule has 0 spiro atoms. The van der Waals surface area contributed by atoms with E-state index >= 15 is 0 Å². The summed E-state index contributed by atoms with van der Waals surface area (Å²) in [4.78, 5) is 14.2. The van der Waals surface area contributed by atoms with Crippen LogP contribution in [-0.2, 0) is 4.74 Å². The molecule has 0 bridgehead atoms. The monoisotopic (exact) mass is 430 g/mol. The molecule has 0 saturated carbocycles. The van der Waals surface area contributed by atoms with E-state index in [1.165, 1.54) is 6.07 Å². The molecule has 7 heteroatoms. The highest BCUT2D eigenvalue weighted by Crippen LogP contribution is 2.27. The number of hydrogen-bond donors (Lipinski definition) is 1. The number of halogens is 2. The number of para-hydroxylation sites is 1. The van der Waals surface area contributed by atoms with Gasteiger partial charge in [0, 0.05) is 19.1 Å². The van der Waals surface area contributed by atoms with Gasteiger partial charge in [0.05, 0.1) is 11.1 Å². The Morgan fingerprint density at radius 1 is 1.42 bits per heavy atom. The number of carbonyl (C=O) groups excluding carboxylic acids is 1. The van der Waals surface area contributed by atoms with Crippen molar-refractivity contribution >= 4 is 22.0 Å². The molecule has 0 radical (unpaired) electrons. The number of amides is 1. The Labute approximate surface area is 163 Å². The molecular formula is C19H28BrFN2O3. The molecule has 0 aromatic heterocycles. The van der Waals surface area contributed by atoms with Crippen molar-refractivity contribution in [2.45, 2.75) is 51.7 Å². The minimum Gasteiger partial charge on any atom is -0.489 e. The minimum absolute atomic E-state index is 0.0974. The number of nitrogens with zero attached hydrogens (tertiary/aromatic N) is 1. The Hall–Kier alpha value is -1.34. The molecule has 1 aromatic rings. The second-order valence-corrected chi connectivity index (χ2v) is 8.39. The third-order valence-corrected chi connectivity index (χ3v) is 4.63. The molecule has 1 aromatic carbocycles. The molecule has 1 unspecified atom stereocenters. The van der Waals surface area contributed by atoms with Gasteiger partial charge in [0.2, 0.25) is 0 Å². The number of carbonyl (C=O) groups is 1. The molecule has 1 atom stereocenters. The lowest BCUT2D eigenvalue weighted by atomic mass is 10.1. The van der Waals surface area contributed by atoms with E-state index in [0.29, 0.717) is 11.1 Å². The number of piperidine rings is 1. The maximum Gasteiger partial charge on any atom is 0.407 e. The van der Waals surface area contributed by atoms with Crippen LogP contribution in [0.5, 0.6) is 5.75 Å². The van der Waals surface area contributed by atoms with Gasteiger partial charge in [-0.3, -0.25) is 0 Å². The number of ether oxygens (including phenoxy) is 2. The predicted octanol–water partition coefficient (Wildman–Crippen LogP) is 4.35. The van der Waals surface area contributed by atoms with Gasteiger partial charge >= 0.3 is 6.09 Å². The molecule has 1 saturated heterocycles. The van der Waals surface area contributed by atoms with Crippen molar-refractivity contribution in [1.29, 1.82) is 0 Å². The molecule has 1 aliphatic heterocycles. The second-order valence-electron chi connectivity index (χ2n) is 7.54. The van der Waals surface area contributed by atoms with Gasteiger partial charge in [-0.25, -0.2) is 9.18 Å². The topological polar surface area (TPSA) is 50.8 Å². The second kappa shape index (κ2) is 9.55. The first kappa shape index (κ1) is 21.0. The van der Waals surface area contributed by atoms with Crippen molar-refractivity contribution in [1.82, 2.24) is 10.2 Å². The van der Waals surface area contributed by atoms with E-state index in [1.807, 2.05) is 20.8 Å². The first-order valence-corrected chi connectivity index (χ1v) is 9.82. The summed E-state index contributed by atoms with van der Waals surface area (Å²) in [6.45, 7) is 8.65.